The molecule has 0 aliphatic carbocycles. The molecule has 0 saturated carbocycles. The van der Waals surface area contributed by atoms with E-state index < -0.39 is 0 Å². The Morgan fingerprint density at radius 3 is 2.84 bits per heavy atom. The first-order valence-corrected chi connectivity index (χ1v) is 7.18. The summed E-state index contributed by atoms with van der Waals surface area (Å²) < 4.78 is 5.51. The molecule has 1 aliphatic rings. The van der Waals surface area contributed by atoms with Gasteiger partial charge in [0, 0.05) is 24.7 Å². The number of aryl methyl sites for hydroxylation is 1. The minimum absolute atomic E-state index is 0.333. The van der Waals surface area contributed by atoms with Crippen LogP contribution in [0.15, 0.2) is 18.2 Å². The summed E-state index contributed by atoms with van der Waals surface area (Å²) in [5.74, 6) is 1.81. The van der Waals surface area contributed by atoms with Crippen molar-refractivity contribution < 1.29 is 4.74 Å². The van der Waals surface area contributed by atoms with Gasteiger partial charge in [-0.2, -0.15) is 0 Å². The van der Waals surface area contributed by atoms with Crippen molar-refractivity contribution in [2.24, 2.45) is 5.92 Å². The Balaban J connectivity index is 2.14. The molecular formula is C16H26N2O. The molecule has 1 aliphatic heterocycles. The fraction of sp³-hybridized carbons (Fsp3) is 0.625. The summed E-state index contributed by atoms with van der Waals surface area (Å²) in [5, 5.41) is 3.44. The Morgan fingerprint density at radius 1 is 1.47 bits per heavy atom. The normalized spacial score (nSPS) is 21.6. The third-order valence-corrected chi connectivity index (χ3v) is 4.06. The van der Waals surface area contributed by atoms with Crippen LogP contribution < -0.4 is 10.1 Å². The average Bonchev–Trinajstić information content (AvgIpc) is 2.81. The highest BCUT2D eigenvalue weighted by atomic mass is 16.5. The number of benzene rings is 1. The van der Waals surface area contributed by atoms with Gasteiger partial charge in [0.25, 0.3) is 0 Å². The lowest BCUT2D eigenvalue weighted by molar-refractivity contribution is 0.286. The minimum Gasteiger partial charge on any atom is -0.496 e. The Kier molecular flexibility index (Phi) is 4.83. The summed E-state index contributed by atoms with van der Waals surface area (Å²) in [7, 11) is 3.78. The minimum atomic E-state index is 0.333. The molecule has 1 fully saturated rings. The predicted octanol–water partition coefficient (Wildman–Crippen LogP) is 2.61. The van der Waals surface area contributed by atoms with Gasteiger partial charge in [-0.1, -0.05) is 24.6 Å². The quantitative estimate of drug-likeness (QED) is 0.883. The predicted molar refractivity (Wildman–Crippen MR) is 79.8 cm³/mol. The highest BCUT2D eigenvalue weighted by molar-refractivity contribution is 5.39. The molecule has 106 valence electrons. The number of hydrogen-bond acceptors (Lipinski definition) is 3. The van der Waals surface area contributed by atoms with Gasteiger partial charge < -0.3 is 15.0 Å². The van der Waals surface area contributed by atoms with E-state index in [0.29, 0.717) is 6.04 Å². The molecule has 3 nitrogen and oxygen atoms in total. The number of hydrogen-bond donors (Lipinski definition) is 1. The van der Waals surface area contributed by atoms with Gasteiger partial charge in [-0.25, -0.2) is 0 Å². The van der Waals surface area contributed by atoms with Crippen LogP contribution in [0.1, 0.15) is 30.5 Å². The summed E-state index contributed by atoms with van der Waals surface area (Å²) in [4.78, 5) is 2.55. The van der Waals surface area contributed by atoms with E-state index in [9.17, 15) is 0 Å². The molecule has 1 aromatic carbocycles. The van der Waals surface area contributed by atoms with Crippen LogP contribution in [-0.4, -0.2) is 38.7 Å². The maximum absolute atomic E-state index is 5.51. The van der Waals surface area contributed by atoms with E-state index in [1.54, 1.807) is 7.11 Å². The van der Waals surface area contributed by atoms with Crippen LogP contribution in [0.2, 0.25) is 0 Å². The van der Waals surface area contributed by atoms with Gasteiger partial charge >= 0.3 is 0 Å². The van der Waals surface area contributed by atoms with Crippen molar-refractivity contribution in [3.8, 4) is 5.75 Å². The first kappa shape index (κ1) is 14.4. The zero-order valence-electron chi connectivity index (χ0n) is 12.6. The SMILES string of the molecule is CNC(CN1CCC(C)C1)c1cc(C)ccc1OC. The fourth-order valence-electron chi connectivity index (χ4n) is 2.92. The van der Waals surface area contributed by atoms with Crippen molar-refractivity contribution in [2.75, 3.05) is 33.8 Å². The molecule has 0 spiro atoms. The maximum Gasteiger partial charge on any atom is 0.123 e. The smallest absolute Gasteiger partial charge is 0.123 e. The molecule has 0 bridgehead atoms. The fourth-order valence-corrected chi connectivity index (χ4v) is 2.92. The summed E-state index contributed by atoms with van der Waals surface area (Å²) in [6.45, 7) is 7.95. The van der Waals surface area contributed by atoms with Gasteiger partial charge in [0.15, 0.2) is 0 Å². The van der Waals surface area contributed by atoms with E-state index >= 15 is 0 Å². The lowest BCUT2D eigenvalue weighted by Gasteiger charge is -2.25. The molecule has 2 rings (SSSR count). The number of likely N-dealkylation sites (tertiary alicyclic amines) is 1. The van der Waals surface area contributed by atoms with Crippen LogP contribution in [0.5, 0.6) is 5.75 Å². The lowest BCUT2D eigenvalue weighted by atomic mass is 10.0. The number of nitrogens with one attached hydrogen (secondary N) is 1. The molecule has 1 heterocycles. The standard InChI is InChI=1S/C16H26N2O/c1-12-5-6-16(19-4)14(9-12)15(17-3)11-18-8-7-13(2)10-18/h5-6,9,13,15,17H,7-8,10-11H2,1-4H3. The second-order valence-electron chi connectivity index (χ2n) is 5.74. The summed E-state index contributed by atoms with van der Waals surface area (Å²) in [6.07, 6.45) is 1.32. The molecule has 19 heavy (non-hydrogen) atoms. The molecule has 2 atom stereocenters. The van der Waals surface area contributed by atoms with Crippen LogP contribution in [0.3, 0.4) is 0 Å². The van der Waals surface area contributed by atoms with Crippen molar-refractivity contribution >= 4 is 0 Å². The average molecular weight is 262 g/mol. The number of likely N-dealkylation sites (N-methyl/N-ethyl adjacent to an activating group) is 1. The zero-order valence-corrected chi connectivity index (χ0v) is 12.6. The molecule has 1 N–H and O–H groups in total. The topological polar surface area (TPSA) is 24.5 Å². The van der Waals surface area contributed by atoms with Crippen LogP contribution >= 0.6 is 0 Å². The molecule has 0 aromatic heterocycles. The Labute approximate surface area is 116 Å². The summed E-state index contributed by atoms with van der Waals surface area (Å²) >= 11 is 0. The van der Waals surface area contributed by atoms with Crippen molar-refractivity contribution in [1.82, 2.24) is 10.2 Å². The van der Waals surface area contributed by atoms with Crippen molar-refractivity contribution in [1.29, 1.82) is 0 Å². The summed E-state index contributed by atoms with van der Waals surface area (Å²) in [6, 6.07) is 6.74. The second-order valence-corrected chi connectivity index (χ2v) is 5.74. The zero-order chi connectivity index (χ0) is 13.8. The number of methoxy groups -OCH3 is 1. The lowest BCUT2D eigenvalue weighted by Crippen LogP contribution is -2.32. The molecule has 0 radical (unpaired) electrons. The summed E-state index contributed by atoms with van der Waals surface area (Å²) in [5.41, 5.74) is 2.55. The Morgan fingerprint density at radius 2 is 2.26 bits per heavy atom. The number of ether oxygens (including phenoxy) is 1. The molecule has 2 unspecified atom stereocenters. The Hall–Kier alpha value is -1.06. The van der Waals surface area contributed by atoms with Crippen LogP contribution in [0, 0.1) is 12.8 Å². The van der Waals surface area contributed by atoms with E-state index in [2.05, 4.69) is 42.3 Å². The molecule has 3 heteroatoms. The van der Waals surface area contributed by atoms with E-state index in [0.717, 1.165) is 18.2 Å². The van der Waals surface area contributed by atoms with Crippen LogP contribution in [0.4, 0.5) is 0 Å². The van der Waals surface area contributed by atoms with Gasteiger partial charge in [0.05, 0.1) is 7.11 Å². The first-order valence-electron chi connectivity index (χ1n) is 7.18. The van der Waals surface area contributed by atoms with E-state index in [4.69, 9.17) is 4.74 Å². The third-order valence-electron chi connectivity index (χ3n) is 4.06. The van der Waals surface area contributed by atoms with E-state index in [1.165, 1.54) is 30.6 Å². The van der Waals surface area contributed by atoms with Gasteiger partial charge in [0.2, 0.25) is 0 Å². The Bertz CT molecular complexity index is 419. The number of nitrogens with zero attached hydrogens (tertiary/aromatic N) is 1. The molecule has 0 amide bonds. The van der Waals surface area contributed by atoms with Crippen molar-refractivity contribution in [2.45, 2.75) is 26.3 Å². The third kappa shape index (κ3) is 3.48. The van der Waals surface area contributed by atoms with Gasteiger partial charge in [-0.15, -0.1) is 0 Å². The van der Waals surface area contributed by atoms with Crippen molar-refractivity contribution in [3.05, 3.63) is 29.3 Å². The second kappa shape index (κ2) is 6.40. The monoisotopic (exact) mass is 262 g/mol. The maximum atomic E-state index is 5.51. The van der Waals surface area contributed by atoms with E-state index in [1.807, 2.05) is 7.05 Å². The van der Waals surface area contributed by atoms with Gasteiger partial charge in [-0.3, -0.25) is 0 Å². The van der Waals surface area contributed by atoms with Crippen LogP contribution in [-0.2, 0) is 0 Å². The molecule has 1 aromatic rings. The highest BCUT2D eigenvalue weighted by Crippen LogP contribution is 2.28. The molecule has 1 saturated heterocycles. The van der Waals surface area contributed by atoms with Gasteiger partial charge in [-0.05, 0) is 38.9 Å². The van der Waals surface area contributed by atoms with E-state index in [-0.39, 0.29) is 0 Å². The van der Waals surface area contributed by atoms with Crippen molar-refractivity contribution in [3.63, 3.8) is 0 Å². The number of rotatable bonds is 5. The molecular weight excluding hydrogens is 236 g/mol. The largest absolute Gasteiger partial charge is 0.496 e. The van der Waals surface area contributed by atoms with Crippen LogP contribution in [0.25, 0.3) is 0 Å². The highest BCUT2D eigenvalue weighted by Gasteiger charge is 2.23. The first-order chi connectivity index (χ1) is 9.13. The van der Waals surface area contributed by atoms with Gasteiger partial charge in [0.1, 0.15) is 5.75 Å².